The molecule has 1 atom stereocenters. The average molecular weight is 645 g/mol. The Kier molecular flexibility index (Phi) is 8.79. The Labute approximate surface area is 275 Å². The Morgan fingerprint density at radius 1 is 0.913 bits per heavy atom. The Balaban J connectivity index is 1.41. The van der Waals surface area contributed by atoms with E-state index in [-0.39, 0.29) is 23.7 Å². The van der Waals surface area contributed by atoms with Gasteiger partial charge in [0.1, 0.15) is 0 Å². The lowest BCUT2D eigenvalue weighted by molar-refractivity contribution is -0.130. The second-order valence-corrected chi connectivity index (χ2v) is 13.2. The molecule has 1 N–H and O–H groups in total. The summed E-state index contributed by atoms with van der Waals surface area (Å²) in [6.07, 6.45) is 1.09. The minimum absolute atomic E-state index is 0.00404. The zero-order chi connectivity index (χ0) is 32.6. The van der Waals surface area contributed by atoms with Crippen molar-refractivity contribution in [1.82, 2.24) is 4.90 Å². The molecule has 242 valence electrons. The molecule has 0 spiro atoms. The number of piperazine rings is 1. The molecule has 3 aromatic rings. The molecule has 1 saturated heterocycles. The lowest BCUT2D eigenvalue weighted by Gasteiger charge is -2.40. The first-order valence-corrected chi connectivity index (χ1v) is 16.0. The summed E-state index contributed by atoms with van der Waals surface area (Å²) >= 11 is 6.10. The van der Waals surface area contributed by atoms with Gasteiger partial charge < -0.3 is 34.2 Å². The maximum Gasteiger partial charge on any atom is 0.242 e. The number of ketones is 1. The number of hydrogen-bond donors (Lipinski definition) is 1. The predicted octanol–water partition coefficient (Wildman–Crippen LogP) is 6.33. The number of carbonyl (C=O) groups excluding carboxylic acids is 2. The smallest absolute Gasteiger partial charge is 0.242 e. The molecule has 3 aromatic carbocycles. The first-order chi connectivity index (χ1) is 22.1. The Hall–Kier alpha value is -4.37. The molecular weight excluding hydrogens is 604 g/mol. The number of amides is 1. The number of ether oxygens (including phenoxy) is 3. The van der Waals surface area contributed by atoms with Crippen LogP contribution in [0.1, 0.15) is 38.3 Å². The number of carbonyl (C=O) groups is 2. The van der Waals surface area contributed by atoms with Gasteiger partial charge in [0.2, 0.25) is 11.7 Å². The number of benzene rings is 3. The van der Waals surface area contributed by atoms with Crippen molar-refractivity contribution >= 4 is 40.4 Å². The normalized spacial score (nSPS) is 19.1. The fourth-order valence-electron chi connectivity index (χ4n) is 6.94. The van der Waals surface area contributed by atoms with E-state index in [1.807, 2.05) is 65.6 Å². The second kappa shape index (κ2) is 12.8. The standard InChI is InChI=1S/C36H41ClN4O5/c1-36(2)20-27-33(29(42)21-36)34(23-18-30(44-3)35(46-5)31(19-23)45-4)41(28-9-7-6-8-26(28)38-27)22-32(43)40-16-14-39(15-17-40)25-12-10-24(37)11-13-25/h6-13,18-19,34,38H,14-17,20-22H2,1-5H3. The molecule has 10 heteroatoms. The molecular formula is C36H41ClN4O5. The molecule has 0 radical (unpaired) electrons. The van der Waals surface area contributed by atoms with E-state index in [1.54, 1.807) is 21.3 Å². The molecule has 9 nitrogen and oxygen atoms in total. The summed E-state index contributed by atoms with van der Waals surface area (Å²) in [5.74, 6) is 1.48. The topological polar surface area (TPSA) is 83.6 Å². The van der Waals surface area contributed by atoms with Crippen molar-refractivity contribution in [2.75, 3.05) is 69.2 Å². The first kappa shape index (κ1) is 31.6. The number of methoxy groups -OCH3 is 3. The molecule has 0 bridgehead atoms. The van der Waals surface area contributed by atoms with Crippen molar-refractivity contribution in [2.45, 2.75) is 32.7 Å². The van der Waals surface area contributed by atoms with Crippen LogP contribution in [0.3, 0.4) is 0 Å². The van der Waals surface area contributed by atoms with Gasteiger partial charge in [0, 0.05) is 54.6 Å². The predicted molar refractivity (Wildman–Crippen MR) is 182 cm³/mol. The van der Waals surface area contributed by atoms with Crippen molar-refractivity contribution in [3.8, 4) is 17.2 Å². The number of para-hydroxylation sites is 2. The largest absolute Gasteiger partial charge is 0.493 e. The minimum Gasteiger partial charge on any atom is -0.493 e. The highest BCUT2D eigenvalue weighted by Gasteiger charge is 2.43. The van der Waals surface area contributed by atoms with Gasteiger partial charge in [-0.3, -0.25) is 9.59 Å². The number of hydrogen-bond acceptors (Lipinski definition) is 8. The third-order valence-corrected chi connectivity index (χ3v) is 9.39. The van der Waals surface area contributed by atoms with Crippen LogP contribution in [0, 0.1) is 5.41 Å². The Bertz CT molecular complexity index is 1640. The summed E-state index contributed by atoms with van der Waals surface area (Å²) in [6.45, 7) is 6.92. The monoisotopic (exact) mass is 644 g/mol. The number of nitrogens with zero attached hydrogens (tertiary/aromatic N) is 3. The van der Waals surface area contributed by atoms with E-state index in [0.29, 0.717) is 66.9 Å². The molecule has 1 unspecified atom stereocenters. The molecule has 2 aliphatic heterocycles. The number of fused-ring (bicyclic) bond motifs is 1. The summed E-state index contributed by atoms with van der Waals surface area (Å²) in [7, 11) is 4.72. The lowest BCUT2D eigenvalue weighted by Crippen LogP contribution is -2.52. The number of allylic oxidation sites excluding steroid dienone is 1. The minimum atomic E-state index is -0.581. The fraction of sp³-hybridized carbons (Fsp3) is 0.389. The summed E-state index contributed by atoms with van der Waals surface area (Å²) in [4.78, 5) is 34.6. The van der Waals surface area contributed by atoms with Gasteiger partial charge in [0.05, 0.1) is 45.3 Å². The summed E-state index contributed by atoms with van der Waals surface area (Å²) in [5.41, 5.74) is 4.87. The van der Waals surface area contributed by atoms with E-state index in [4.69, 9.17) is 25.8 Å². The maximum atomic E-state index is 14.2. The number of rotatable bonds is 7. The first-order valence-electron chi connectivity index (χ1n) is 15.6. The van der Waals surface area contributed by atoms with Crippen LogP contribution in [0.5, 0.6) is 17.2 Å². The number of nitrogens with one attached hydrogen (secondary N) is 1. The van der Waals surface area contributed by atoms with Crippen molar-refractivity contribution in [1.29, 1.82) is 0 Å². The van der Waals surface area contributed by atoms with Crippen molar-refractivity contribution in [3.05, 3.63) is 82.5 Å². The average Bonchev–Trinajstić information content (AvgIpc) is 3.18. The molecule has 6 rings (SSSR count). The van der Waals surface area contributed by atoms with E-state index in [0.717, 1.165) is 28.3 Å². The summed E-state index contributed by atoms with van der Waals surface area (Å²) < 4.78 is 17.1. The van der Waals surface area contributed by atoms with Gasteiger partial charge in [-0.2, -0.15) is 0 Å². The van der Waals surface area contributed by atoms with Gasteiger partial charge in [-0.25, -0.2) is 0 Å². The molecule has 1 amide bonds. The van der Waals surface area contributed by atoms with Crippen LogP contribution < -0.4 is 29.3 Å². The highest BCUT2D eigenvalue weighted by atomic mass is 35.5. The Morgan fingerprint density at radius 2 is 1.57 bits per heavy atom. The van der Waals surface area contributed by atoms with Crippen LogP contribution in [0.15, 0.2) is 71.9 Å². The third kappa shape index (κ3) is 6.08. The lowest BCUT2D eigenvalue weighted by atomic mass is 9.73. The zero-order valence-electron chi connectivity index (χ0n) is 27.1. The second-order valence-electron chi connectivity index (χ2n) is 12.8. The molecule has 0 aromatic heterocycles. The zero-order valence-corrected chi connectivity index (χ0v) is 27.8. The van der Waals surface area contributed by atoms with Gasteiger partial charge in [-0.05, 0) is 65.9 Å². The number of anilines is 3. The maximum absolute atomic E-state index is 14.2. The molecule has 46 heavy (non-hydrogen) atoms. The van der Waals surface area contributed by atoms with Crippen LogP contribution in [0.2, 0.25) is 5.02 Å². The van der Waals surface area contributed by atoms with Crippen LogP contribution in [0.25, 0.3) is 0 Å². The van der Waals surface area contributed by atoms with Crippen LogP contribution in [-0.4, -0.2) is 70.6 Å². The highest BCUT2D eigenvalue weighted by Crippen LogP contribution is 2.50. The van der Waals surface area contributed by atoms with E-state index in [9.17, 15) is 9.59 Å². The summed E-state index contributed by atoms with van der Waals surface area (Å²) in [6, 6.07) is 18.9. The van der Waals surface area contributed by atoms with Gasteiger partial charge >= 0.3 is 0 Å². The molecule has 1 aliphatic carbocycles. The van der Waals surface area contributed by atoms with Gasteiger partial charge in [0.15, 0.2) is 17.3 Å². The van der Waals surface area contributed by atoms with E-state index < -0.39 is 6.04 Å². The SMILES string of the molecule is COc1cc(C2C3=C(CC(C)(C)CC3=O)Nc3ccccc3N2CC(=O)N2CCN(c3ccc(Cl)cc3)CC2)cc(OC)c1OC. The van der Waals surface area contributed by atoms with Gasteiger partial charge in [-0.1, -0.05) is 37.6 Å². The van der Waals surface area contributed by atoms with Crippen molar-refractivity contribution in [2.24, 2.45) is 5.41 Å². The molecule has 2 heterocycles. The van der Waals surface area contributed by atoms with Gasteiger partial charge in [0.25, 0.3) is 0 Å². The fourth-order valence-corrected chi connectivity index (χ4v) is 7.07. The van der Waals surface area contributed by atoms with Crippen LogP contribution >= 0.6 is 11.6 Å². The quantitative estimate of drug-likeness (QED) is 0.320. The van der Waals surface area contributed by atoms with Crippen molar-refractivity contribution < 1.29 is 23.8 Å². The van der Waals surface area contributed by atoms with Crippen LogP contribution in [-0.2, 0) is 9.59 Å². The summed E-state index contributed by atoms with van der Waals surface area (Å²) in [5, 5.41) is 4.33. The number of Topliss-reactive ketones (excluding diaryl/α,β-unsaturated/α-hetero) is 1. The van der Waals surface area contributed by atoms with E-state index in [2.05, 4.69) is 29.0 Å². The van der Waals surface area contributed by atoms with Gasteiger partial charge in [-0.15, -0.1) is 0 Å². The molecule has 3 aliphatic rings. The molecule has 0 saturated carbocycles. The van der Waals surface area contributed by atoms with E-state index >= 15 is 0 Å². The van der Waals surface area contributed by atoms with E-state index in [1.165, 1.54) is 0 Å². The van der Waals surface area contributed by atoms with Crippen molar-refractivity contribution in [3.63, 3.8) is 0 Å². The highest BCUT2D eigenvalue weighted by molar-refractivity contribution is 6.30. The van der Waals surface area contributed by atoms with Crippen LogP contribution in [0.4, 0.5) is 17.1 Å². The third-order valence-electron chi connectivity index (χ3n) is 9.14. The Morgan fingerprint density at radius 3 is 2.20 bits per heavy atom. The number of halogens is 1. The molecule has 1 fully saturated rings.